The Bertz CT molecular complexity index is 1340. The highest BCUT2D eigenvalue weighted by Gasteiger charge is 2.37. The van der Waals surface area contributed by atoms with E-state index in [0.29, 0.717) is 43.1 Å². The van der Waals surface area contributed by atoms with E-state index < -0.39 is 24.4 Å². The Morgan fingerprint density at radius 3 is 2.71 bits per heavy atom. The standard InChI is InChI=1S/C25H25F3N2O5/c1-3-4-18-21(8-6-19-23(18)35-29-24(19)25(26,27)28)34-13-15(2)12-30-10-9-16-11-17(5-7-20(16)30)33-14-22(31)32/h5-11,15H,3-4,12-14H2,1-2H3,(H,31,32). The third kappa shape index (κ3) is 5.36. The Balaban J connectivity index is 1.47. The molecule has 4 aromatic rings. The summed E-state index contributed by atoms with van der Waals surface area (Å²) in [5.74, 6) is 0.0173. The van der Waals surface area contributed by atoms with Crippen molar-refractivity contribution in [2.75, 3.05) is 13.2 Å². The van der Waals surface area contributed by atoms with Gasteiger partial charge in [-0.2, -0.15) is 13.2 Å². The number of aromatic nitrogens is 2. The summed E-state index contributed by atoms with van der Waals surface area (Å²) in [7, 11) is 0. The maximum absolute atomic E-state index is 13.2. The molecule has 186 valence electrons. The summed E-state index contributed by atoms with van der Waals surface area (Å²) < 4.78 is 58.1. The number of fused-ring (bicyclic) bond motifs is 2. The number of carbonyl (C=O) groups is 1. The van der Waals surface area contributed by atoms with Crippen LogP contribution >= 0.6 is 0 Å². The van der Waals surface area contributed by atoms with Crippen molar-refractivity contribution in [2.24, 2.45) is 5.92 Å². The zero-order valence-corrected chi connectivity index (χ0v) is 19.3. The van der Waals surface area contributed by atoms with Crippen molar-refractivity contribution in [3.63, 3.8) is 0 Å². The second-order valence-corrected chi connectivity index (χ2v) is 8.49. The van der Waals surface area contributed by atoms with E-state index >= 15 is 0 Å². The van der Waals surface area contributed by atoms with Gasteiger partial charge >= 0.3 is 12.1 Å². The van der Waals surface area contributed by atoms with E-state index in [9.17, 15) is 18.0 Å². The predicted molar refractivity (Wildman–Crippen MR) is 123 cm³/mol. The molecule has 0 bridgehead atoms. The van der Waals surface area contributed by atoms with E-state index in [2.05, 4.69) is 9.72 Å². The summed E-state index contributed by atoms with van der Waals surface area (Å²) in [6.07, 6.45) is -1.44. The fourth-order valence-electron chi connectivity index (χ4n) is 4.06. The predicted octanol–water partition coefficient (Wildman–Crippen LogP) is 5.93. The molecule has 0 spiro atoms. The van der Waals surface area contributed by atoms with Gasteiger partial charge in [0.2, 0.25) is 0 Å². The van der Waals surface area contributed by atoms with Crippen LogP contribution in [-0.2, 0) is 23.9 Å². The molecular formula is C25H25F3N2O5. The first-order valence-electron chi connectivity index (χ1n) is 11.2. The molecule has 2 aromatic heterocycles. The van der Waals surface area contributed by atoms with Gasteiger partial charge in [0.15, 0.2) is 17.9 Å². The van der Waals surface area contributed by atoms with Crippen LogP contribution in [0.25, 0.3) is 21.9 Å². The largest absolute Gasteiger partial charge is 0.493 e. The molecule has 0 amide bonds. The van der Waals surface area contributed by atoms with Crippen LogP contribution in [0.5, 0.6) is 11.5 Å². The number of hydrogen-bond donors (Lipinski definition) is 1. The monoisotopic (exact) mass is 490 g/mol. The minimum Gasteiger partial charge on any atom is -0.493 e. The first kappa shape index (κ1) is 24.4. The number of carboxylic acids is 1. The van der Waals surface area contributed by atoms with Crippen molar-refractivity contribution in [1.82, 2.24) is 9.72 Å². The fourth-order valence-corrected chi connectivity index (χ4v) is 4.06. The zero-order chi connectivity index (χ0) is 25.2. The van der Waals surface area contributed by atoms with E-state index in [4.69, 9.17) is 19.1 Å². The molecule has 0 radical (unpaired) electrons. The Hall–Kier alpha value is -3.69. The summed E-state index contributed by atoms with van der Waals surface area (Å²) in [6.45, 7) is 4.54. The van der Waals surface area contributed by atoms with Crippen molar-refractivity contribution < 1.29 is 37.1 Å². The van der Waals surface area contributed by atoms with Crippen molar-refractivity contribution in [3.05, 3.63) is 53.9 Å². The molecule has 0 saturated carbocycles. The lowest BCUT2D eigenvalue weighted by Crippen LogP contribution is -2.15. The third-order valence-corrected chi connectivity index (χ3v) is 5.61. The molecule has 10 heteroatoms. The number of carboxylic acid groups (broad SMARTS) is 1. The number of nitrogens with zero attached hydrogens (tertiary/aromatic N) is 2. The lowest BCUT2D eigenvalue weighted by Gasteiger charge is -2.17. The summed E-state index contributed by atoms with van der Waals surface area (Å²) in [4.78, 5) is 10.7. The van der Waals surface area contributed by atoms with E-state index in [1.165, 1.54) is 6.07 Å². The minimum atomic E-state index is -4.59. The van der Waals surface area contributed by atoms with Gasteiger partial charge in [-0.1, -0.05) is 25.4 Å². The number of benzene rings is 2. The quantitative estimate of drug-likeness (QED) is 0.296. The number of aliphatic carboxylic acids is 1. The molecule has 7 nitrogen and oxygen atoms in total. The van der Waals surface area contributed by atoms with Gasteiger partial charge in [-0.05, 0) is 42.8 Å². The van der Waals surface area contributed by atoms with E-state index in [-0.39, 0.29) is 16.9 Å². The number of hydrogen-bond acceptors (Lipinski definition) is 5. The molecule has 1 unspecified atom stereocenters. The second kappa shape index (κ2) is 9.89. The van der Waals surface area contributed by atoms with Gasteiger partial charge in [-0.3, -0.25) is 0 Å². The molecule has 0 aliphatic heterocycles. The number of aryl methyl sites for hydroxylation is 1. The van der Waals surface area contributed by atoms with Gasteiger partial charge in [0, 0.05) is 35.1 Å². The first-order valence-corrected chi connectivity index (χ1v) is 11.2. The van der Waals surface area contributed by atoms with Gasteiger partial charge in [0.05, 0.1) is 12.0 Å². The average molecular weight is 490 g/mol. The van der Waals surface area contributed by atoms with Crippen molar-refractivity contribution >= 4 is 27.8 Å². The average Bonchev–Trinajstić information content (AvgIpc) is 3.41. The highest BCUT2D eigenvalue weighted by molar-refractivity contribution is 5.85. The molecule has 0 saturated heterocycles. The lowest BCUT2D eigenvalue weighted by molar-refractivity contribution is -0.141. The summed E-state index contributed by atoms with van der Waals surface area (Å²) >= 11 is 0. The summed E-state index contributed by atoms with van der Waals surface area (Å²) in [5.41, 5.74) is 0.636. The van der Waals surface area contributed by atoms with Crippen molar-refractivity contribution in [2.45, 2.75) is 39.4 Å². The van der Waals surface area contributed by atoms with Gasteiger partial charge in [-0.25, -0.2) is 4.79 Å². The number of alkyl halides is 3. The molecule has 0 aliphatic carbocycles. The normalized spacial score (nSPS) is 12.8. The summed E-state index contributed by atoms with van der Waals surface area (Å²) in [5, 5.41) is 12.9. The fraction of sp³-hybridized carbons (Fsp3) is 0.360. The highest BCUT2D eigenvalue weighted by atomic mass is 19.4. The Morgan fingerprint density at radius 2 is 2.00 bits per heavy atom. The van der Waals surface area contributed by atoms with Gasteiger partial charge in [-0.15, -0.1) is 0 Å². The number of rotatable bonds is 10. The van der Waals surface area contributed by atoms with Crippen LogP contribution in [0, 0.1) is 5.92 Å². The summed E-state index contributed by atoms with van der Waals surface area (Å²) in [6, 6.07) is 10.2. The van der Waals surface area contributed by atoms with Gasteiger partial charge < -0.3 is 23.7 Å². The Labute approximate surface area is 199 Å². The highest BCUT2D eigenvalue weighted by Crippen LogP contribution is 2.38. The lowest BCUT2D eigenvalue weighted by atomic mass is 10.0. The molecule has 1 atom stereocenters. The van der Waals surface area contributed by atoms with Crippen LogP contribution in [0.15, 0.2) is 47.1 Å². The molecule has 1 N–H and O–H groups in total. The zero-order valence-electron chi connectivity index (χ0n) is 19.3. The van der Waals surface area contributed by atoms with E-state index in [0.717, 1.165) is 10.9 Å². The van der Waals surface area contributed by atoms with Crippen LogP contribution in [0.4, 0.5) is 13.2 Å². The molecule has 4 rings (SSSR count). The smallest absolute Gasteiger partial charge is 0.437 e. The number of halogens is 3. The van der Waals surface area contributed by atoms with E-state index in [1.807, 2.05) is 32.2 Å². The SMILES string of the molecule is CCCc1c(OCC(C)Cn2ccc3cc(OCC(=O)O)ccc32)ccc2c(C(F)(F)F)noc12. The minimum absolute atomic E-state index is 0.0631. The topological polar surface area (TPSA) is 86.7 Å². The Kier molecular flexibility index (Phi) is 6.90. The van der Waals surface area contributed by atoms with Crippen molar-refractivity contribution in [1.29, 1.82) is 0 Å². The van der Waals surface area contributed by atoms with Crippen LogP contribution in [0.2, 0.25) is 0 Å². The number of ether oxygens (including phenoxy) is 2. The molecule has 0 fully saturated rings. The molecule has 2 heterocycles. The van der Waals surface area contributed by atoms with Gasteiger partial charge in [0.1, 0.15) is 11.5 Å². The van der Waals surface area contributed by atoms with Crippen molar-refractivity contribution in [3.8, 4) is 11.5 Å². The maximum Gasteiger partial charge on any atom is 0.437 e. The Morgan fingerprint density at radius 1 is 1.20 bits per heavy atom. The van der Waals surface area contributed by atoms with E-state index in [1.54, 1.807) is 18.2 Å². The molecule has 35 heavy (non-hydrogen) atoms. The van der Waals surface area contributed by atoms with Crippen LogP contribution in [0.1, 0.15) is 31.5 Å². The first-order chi connectivity index (χ1) is 16.7. The van der Waals surface area contributed by atoms with Gasteiger partial charge in [0.25, 0.3) is 0 Å². The maximum atomic E-state index is 13.2. The molecular weight excluding hydrogens is 465 g/mol. The molecule has 2 aromatic carbocycles. The third-order valence-electron chi connectivity index (χ3n) is 5.61. The second-order valence-electron chi connectivity index (χ2n) is 8.49. The van der Waals surface area contributed by atoms with Crippen LogP contribution in [-0.4, -0.2) is 34.0 Å². The van der Waals surface area contributed by atoms with Crippen LogP contribution in [0.3, 0.4) is 0 Å². The molecule has 0 aliphatic rings. The van der Waals surface area contributed by atoms with Crippen LogP contribution < -0.4 is 9.47 Å².